The topological polar surface area (TPSA) is 26.3 Å². The molecule has 0 aliphatic carbocycles. The highest BCUT2D eigenvalue weighted by Crippen LogP contribution is 2.31. The molecule has 0 aliphatic heterocycles. The third kappa shape index (κ3) is 3.14. The predicted octanol–water partition coefficient (Wildman–Crippen LogP) is 5.34. The first-order valence-corrected chi connectivity index (χ1v) is 12.4. The highest BCUT2D eigenvalue weighted by molar-refractivity contribution is 7.23. The molecule has 0 amide bonds. The summed E-state index contributed by atoms with van der Waals surface area (Å²) in [7, 11) is -0.0409. The van der Waals surface area contributed by atoms with Crippen molar-refractivity contribution in [3.05, 3.63) is 57.9 Å². The first-order chi connectivity index (χ1) is 11.3. The summed E-state index contributed by atoms with van der Waals surface area (Å²) in [6.45, 7) is 6.83. The lowest BCUT2D eigenvalue weighted by atomic mass is 10.1. The monoisotopic (exact) mass is 374 g/mol. The Balaban J connectivity index is 2.22. The highest BCUT2D eigenvalue weighted by Gasteiger charge is 2.29. The van der Waals surface area contributed by atoms with Crippen molar-refractivity contribution in [3.8, 4) is 5.75 Å². The van der Waals surface area contributed by atoms with Gasteiger partial charge in [0.1, 0.15) is 5.75 Å². The lowest BCUT2D eigenvalue weighted by molar-refractivity contribution is 0.104. The van der Waals surface area contributed by atoms with Gasteiger partial charge in [-0.05, 0) is 53.0 Å². The van der Waals surface area contributed by atoms with Gasteiger partial charge in [0.15, 0.2) is 0 Å². The molecule has 0 saturated carbocycles. The molecule has 1 aromatic heterocycles. The molecule has 3 aromatic rings. The minimum absolute atomic E-state index is 0.0734. The summed E-state index contributed by atoms with van der Waals surface area (Å²) < 4.78 is 6.43. The summed E-state index contributed by atoms with van der Waals surface area (Å²) in [5.74, 6) is 0.889. The van der Waals surface area contributed by atoms with Gasteiger partial charge in [-0.1, -0.05) is 31.2 Å². The van der Waals surface area contributed by atoms with Gasteiger partial charge in [0.05, 0.1) is 20.1 Å². The number of hydrogen-bond donors (Lipinski definition) is 0. The minimum Gasteiger partial charge on any atom is -0.497 e. The van der Waals surface area contributed by atoms with Crippen LogP contribution in [0, 0.1) is 0 Å². The zero-order chi connectivity index (χ0) is 17.5. The molecule has 0 atom stereocenters. The summed E-state index contributed by atoms with van der Waals surface area (Å²) >= 11 is 7.51. The van der Waals surface area contributed by atoms with Gasteiger partial charge < -0.3 is 4.74 Å². The fourth-order valence-corrected chi connectivity index (χ4v) is 7.05. The van der Waals surface area contributed by atoms with Crippen LogP contribution in [0.1, 0.15) is 15.2 Å². The maximum absolute atomic E-state index is 13.1. The second kappa shape index (κ2) is 6.35. The number of carbonyl (C=O) groups excluding carboxylic acids is 1. The summed E-state index contributed by atoms with van der Waals surface area (Å²) in [6.07, 6.45) is 0. The molecule has 5 heteroatoms. The number of benzene rings is 2. The van der Waals surface area contributed by atoms with Crippen LogP contribution in [0.15, 0.2) is 42.5 Å². The standard InChI is InChI=1S/C19H19ClO2SSi/c1-22-14-9-10-15-16(11-14)23-18(19(15)24(2,3)4)17(21)12-5-7-13(20)8-6-12/h5-11H,1-4H3. The second-order valence-electron chi connectivity index (χ2n) is 6.75. The highest BCUT2D eigenvalue weighted by atomic mass is 35.5. The molecule has 1 heterocycles. The molecule has 124 valence electrons. The molecule has 0 spiro atoms. The number of rotatable bonds is 4. The summed E-state index contributed by atoms with van der Waals surface area (Å²) in [5.41, 5.74) is 0.678. The Morgan fingerprint density at radius 3 is 2.33 bits per heavy atom. The fraction of sp³-hybridized carbons (Fsp3) is 0.211. The number of ether oxygens (including phenoxy) is 1. The first kappa shape index (κ1) is 17.2. The van der Waals surface area contributed by atoms with E-state index in [0.717, 1.165) is 15.3 Å². The van der Waals surface area contributed by atoms with E-state index < -0.39 is 8.07 Å². The third-order valence-corrected chi connectivity index (χ3v) is 7.56. The SMILES string of the molecule is COc1ccc2c([Si](C)(C)C)c(C(=O)c3ccc(Cl)cc3)sc2c1. The number of halogens is 1. The molecule has 0 aliphatic rings. The summed E-state index contributed by atoms with van der Waals surface area (Å²) in [5, 5.41) is 3.04. The molecule has 0 unspecified atom stereocenters. The Labute approximate surface area is 152 Å². The van der Waals surface area contributed by atoms with Crippen molar-refractivity contribution < 1.29 is 9.53 Å². The van der Waals surface area contributed by atoms with Crippen LogP contribution in [0.5, 0.6) is 5.75 Å². The number of fused-ring (bicyclic) bond motifs is 1. The molecule has 0 radical (unpaired) electrons. The van der Waals surface area contributed by atoms with Crippen LogP contribution in [-0.2, 0) is 0 Å². The zero-order valence-electron chi connectivity index (χ0n) is 14.1. The molecular formula is C19H19ClO2SSi. The number of carbonyl (C=O) groups is 1. The van der Waals surface area contributed by atoms with E-state index >= 15 is 0 Å². The van der Waals surface area contributed by atoms with Crippen molar-refractivity contribution in [2.45, 2.75) is 19.6 Å². The molecule has 3 rings (SSSR count). The van der Waals surface area contributed by atoms with Crippen molar-refractivity contribution >= 4 is 52.1 Å². The Bertz CT molecular complexity index is 908. The van der Waals surface area contributed by atoms with Crippen molar-refractivity contribution in [2.75, 3.05) is 7.11 Å². The van der Waals surface area contributed by atoms with Gasteiger partial charge in [-0.15, -0.1) is 11.3 Å². The largest absolute Gasteiger partial charge is 0.497 e. The van der Waals surface area contributed by atoms with Gasteiger partial charge in [0, 0.05) is 15.3 Å². The van der Waals surface area contributed by atoms with Crippen LogP contribution >= 0.6 is 22.9 Å². The predicted molar refractivity (Wildman–Crippen MR) is 106 cm³/mol. The number of thiophene rings is 1. The molecule has 0 fully saturated rings. The zero-order valence-corrected chi connectivity index (χ0v) is 16.7. The normalized spacial score (nSPS) is 11.7. The Morgan fingerprint density at radius 1 is 1.08 bits per heavy atom. The van der Waals surface area contributed by atoms with E-state index in [4.69, 9.17) is 16.3 Å². The number of hydrogen-bond acceptors (Lipinski definition) is 3. The van der Waals surface area contributed by atoms with Crippen molar-refractivity contribution in [2.24, 2.45) is 0 Å². The summed E-state index contributed by atoms with van der Waals surface area (Å²) in [4.78, 5) is 14.0. The molecule has 2 nitrogen and oxygen atoms in total. The van der Waals surface area contributed by atoms with E-state index in [1.54, 1.807) is 42.7 Å². The fourth-order valence-electron chi connectivity index (χ4n) is 2.84. The lowest BCUT2D eigenvalue weighted by Gasteiger charge is -2.18. The minimum atomic E-state index is -1.70. The molecule has 0 bridgehead atoms. The molecule has 2 aromatic carbocycles. The van der Waals surface area contributed by atoms with Crippen LogP contribution in [-0.4, -0.2) is 21.0 Å². The molecule has 24 heavy (non-hydrogen) atoms. The van der Waals surface area contributed by atoms with Crippen LogP contribution in [0.4, 0.5) is 0 Å². The average Bonchev–Trinajstić information content (AvgIpc) is 2.93. The van der Waals surface area contributed by atoms with Gasteiger partial charge in [-0.25, -0.2) is 0 Å². The second-order valence-corrected chi connectivity index (χ2v) is 13.2. The van der Waals surface area contributed by atoms with E-state index in [0.29, 0.717) is 10.6 Å². The molecule has 0 N–H and O–H groups in total. The number of methoxy groups -OCH3 is 1. The first-order valence-electron chi connectivity index (χ1n) is 7.72. The summed E-state index contributed by atoms with van der Waals surface area (Å²) in [6, 6.07) is 13.2. The molecular weight excluding hydrogens is 356 g/mol. The number of ketones is 1. The molecule has 0 saturated heterocycles. The van der Waals surface area contributed by atoms with Gasteiger partial charge in [0.25, 0.3) is 0 Å². The maximum Gasteiger partial charge on any atom is 0.202 e. The van der Waals surface area contributed by atoms with Crippen LogP contribution < -0.4 is 9.92 Å². The Kier molecular flexibility index (Phi) is 4.56. The Hall–Kier alpha value is -1.62. The van der Waals surface area contributed by atoms with Crippen LogP contribution in [0.2, 0.25) is 24.7 Å². The van der Waals surface area contributed by atoms with Gasteiger partial charge in [0.2, 0.25) is 5.78 Å². The van der Waals surface area contributed by atoms with E-state index in [9.17, 15) is 4.79 Å². The quantitative estimate of drug-likeness (QED) is 0.455. The van der Waals surface area contributed by atoms with E-state index in [1.165, 1.54) is 10.6 Å². The Morgan fingerprint density at radius 2 is 1.75 bits per heavy atom. The van der Waals surface area contributed by atoms with Crippen molar-refractivity contribution in [3.63, 3.8) is 0 Å². The smallest absolute Gasteiger partial charge is 0.202 e. The van der Waals surface area contributed by atoms with Gasteiger partial charge >= 0.3 is 0 Å². The van der Waals surface area contributed by atoms with E-state index in [-0.39, 0.29) is 5.78 Å². The lowest BCUT2D eigenvalue weighted by Crippen LogP contribution is -2.40. The van der Waals surface area contributed by atoms with Crippen LogP contribution in [0.25, 0.3) is 10.1 Å². The van der Waals surface area contributed by atoms with E-state index in [2.05, 4.69) is 25.7 Å². The average molecular weight is 375 g/mol. The third-order valence-electron chi connectivity index (χ3n) is 3.96. The maximum atomic E-state index is 13.1. The van der Waals surface area contributed by atoms with E-state index in [1.807, 2.05) is 12.1 Å². The van der Waals surface area contributed by atoms with Crippen molar-refractivity contribution in [1.29, 1.82) is 0 Å². The van der Waals surface area contributed by atoms with Crippen molar-refractivity contribution in [1.82, 2.24) is 0 Å². The van der Waals surface area contributed by atoms with Gasteiger partial charge in [-0.3, -0.25) is 4.79 Å². The van der Waals surface area contributed by atoms with Gasteiger partial charge in [-0.2, -0.15) is 0 Å². The van der Waals surface area contributed by atoms with Crippen LogP contribution in [0.3, 0.4) is 0 Å².